The summed E-state index contributed by atoms with van der Waals surface area (Å²) in [5, 5.41) is 3.31. The Morgan fingerprint density at radius 3 is 2.65 bits per heavy atom. The highest BCUT2D eigenvalue weighted by Gasteiger charge is 2.32. The number of halogens is 1. The fourth-order valence-corrected chi connectivity index (χ4v) is 6.64. The van der Waals surface area contributed by atoms with Crippen LogP contribution in [0.5, 0.6) is 0 Å². The molecule has 0 saturated carbocycles. The van der Waals surface area contributed by atoms with E-state index >= 15 is 0 Å². The van der Waals surface area contributed by atoms with Crippen molar-refractivity contribution in [3.05, 3.63) is 136 Å². The van der Waals surface area contributed by atoms with E-state index in [1.807, 2.05) is 91.4 Å². The van der Waals surface area contributed by atoms with Crippen LogP contribution in [-0.2, 0) is 17.6 Å². The van der Waals surface area contributed by atoms with Gasteiger partial charge in [-0.1, -0.05) is 60.7 Å². The molecule has 2 aromatic heterocycles. The van der Waals surface area contributed by atoms with Crippen LogP contribution in [0.4, 0.5) is 4.39 Å². The van der Waals surface area contributed by atoms with Crippen molar-refractivity contribution in [1.29, 1.82) is 0 Å². The number of allylic oxidation sites excluding steroid dienone is 5. The van der Waals surface area contributed by atoms with Gasteiger partial charge in [0.15, 0.2) is 0 Å². The summed E-state index contributed by atoms with van der Waals surface area (Å²) < 4.78 is 15.8. The van der Waals surface area contributed by atoms with Crippen LogP contribution in [-0.4, -0.2) is 51.0 Å². The van der Waals surface area contributed by atoms with Crippen molar-refractivity contribution in [3.8, 4) is 0 Å². The number of nitrogens with zero attached hydrogens (tertiary/aromatic N) is 3. The average Bonchev–Trinajstić information content (AvgIpc) is 3.39. The van der Waals surface area contributed by atoms with Gasteiger partial charge in [-0.2, -0.15) is 0 Å². The third-order valence-corrected chi connectivity index (χ3v) is 8.84. The number of likely N-dealkylation sites (tertiary alicyclic amines) is 1. The van der Waals surface area contributed by atoms with Crippen molar-refractivity contribution in [1.82, 2.24) is 24.8 Å². The summed E-state index contributed by atoms with van der Waals surface area (Å²) in [4.78, 5) is 35.2. The Bertz CT molecular complexity index is 1750. The van der Waals surface area contributed by atoms with Gasteiger partial charge in [-0.25, -0.2) is 9.18 Å². The highest BCUT2D eigenvalue weighted by atomic mass is 19.1. The van der Waals surface area contributed by atoms with Gasteiger partial charge in [0, 0.05) is 43.5 Å². The first-order valence-electron chi connectivity index (χ1n) is 16.2. The van der Waals surface area contributed by atoms with E-state index in [-0.39, 0.29) is 35.4 Å². The maximum Gasteiger partial charge on any atom is 0.326 e. The predicted molar refractivity (Wildman–Crippen MR) is 183 cm³/mol. The summed E-state index contributed by atoms with van der Waals surface area (Å²) in [6.45, 7) is 9.52. The van der Waals surface area contributed by atoms with Crippen LogP contribution >= 0.6 is 0 Å². The first-order chi connectivity index (χ1) is 22.3. The van der Waals surface area contributed by atoms with Crippen molar-refractivity contribution in [2.75, 3.05) is 19.6 Å². The van der Waals surface area contributed by atoms with E-state index in [1.54, 1.807) is 12.3 Å². The maximum atomic E-state index is 13.9. The van der Waals surface area contributed by atoms with Gasteiger partial charge in [-0.15, -0.1) is 0 Å². The standard InChI is InChI=1S/C30H32FN5O2.C8H12/c31-22-8-9-24-21(17-22)7-10-26(25(24)16-20-4-3-13-32-18-20)33-29(37)19-35-14-11-23(12-15-35)36-28-6-2-1-5-27(28)34-30(36)38;1-4-5-6-7-8(2)3/h1-6,8-9,13,17-18,23,25-26H,7,10-12,14-16,19H2,(H,33,37)(H,34,38);4-7H,2H2,1,3H3/b;5-4-,7-6-. The largest absolute Gasteiger partial charge is 0.352 e. The molecule has 2 aromatic carbocycles. The number of aromatic nitrogens is 3. The summed E-state index contributed by atoms with van der Waals surface area (Å²) in [7, 11) is 0. The number of nitrogens with one attached hydrogen (secondary N) is 2. The van der Waals surface area contributed by atoms with Gasteiger partial charge >= 0.3 is 5.69 Å². The fourth-order valence-electron chi connectivity index (χ4n) is 6.64. The number of carbonyl (C=O) groups excluding carboxylic acids is 1. The number of pyridine rings is 1. The molecule has 8 heteroatoms. The van der Waals surface area contributed by atoms with Crippen molar-refractivity contribution in [2.24, 2.45) is 0 Å². The van der Waals surface area contributed by atoms with Crippen LogP contribution in [0, 0.1) is 5.82 Å². The summed E-state index contributed by atoms with van der Waals surface area (Å²) in [5.41, 5.74) is 6.05. The average molecular weight is 622 g/mol. The SMILES string of the molecule is C=C(C)/C=C\C=C/C.O=C(CN1CCC(n2c(=O)[nH]c3ccccc32)CC1)NC1CCc2cc(F)ccc2C1Cc1cccnc1. The molecule has 1 fully saturated rings. The predicted octanol–water partition coefficient (Wildman–Crippen LogP) is 6.65. The molecule has 1 aliphatic carbocycles. The zero-order chi connectivity index (χ0) is 32.5. The Labute approximate surface area is 270 Å². The van der Waals surface area contributed by atoms with E-state index in [9.17, 15) is 14.0 Å². The molecule has 2 aliphatic rings. The highest BCUT2D eigenvalue weighted by molar-refractivity contribution is 5.78. The normalized spacial score (nSPS) is 18.8. The van der Waals surface area contributed by atoms with E-state index in [1.165, 1.54) is 6.07 Å². The summed E-state index contributed by atoms with van der Waals surface area (Å²) in [6, 6.07) is 16.9. The minimum absolute atomic E-state index is 0.0134. The molecule has 1 amide bonds. The number of carbonyl (C=O) groups is 1. The Morgan fingerprint density at radius 2 is 1.91 bits per heavy atom. The van der Waals surface area contributed by atoms with Crippen molar-refractivity contribution in [3.63, 3.8) is 0 Å². The second-order valence-corrected chi connectivity index (χ2v) is 12.3. The van der Waals surface area contributed by atoms with E-state index in [0.29, 0.717) is 6.54 Å². The monoisotopic (exact) mass is 621 g/mol. The number of imidazole rings is 1. The third-order valence-electron chi connectivity index (χ3n) is 8.84. The van der Waals surface area contributed by atoms with Crippen LogP contribution in [0.15, 0.2) is 108 Å². The lowest BCUT2D eigenvalue weighted by atomic mass is 9.76. The molecule has 0 spiro atoms. The van der Waals surface area contributed by atoms with Gasteiger partial charge < -0.3 is 10.3 Å². The Balaban J connectivity index is 0.000000463. The zero-order valence-corrected chi connectivity index (χ0v) is 26.8. The van der Waals surface area contributed by atoms with Gasteiger partial charge in [-0.05, 0) is 93.0 Å². The third kappa shape index (κ3) is 8.37. The van der Waals surface area contributed by atoms with Gasteiger partial charge in [0.1, 0.15) is 5.82 Å². The molecule has 2 N–H and O–H groups in total. The maximum absolute atomic E-state index is 13.9. The van der Waals surface area contributed by atoms with Crippen LogP contribution in [0.25, 0.3) is 11.0 Å². The molecule has 4 aromatic rings. The fraction of sp³-hybridized carbons (Fsp3) is 0.342. The minimum atomic E-state index is -0.218. The molecule has 240 valence electrons. The molecule has 2 unspecified atom stereocenters. The Hall–Kier alpha value is -4.56. The van der Waals surface area contributed by atoms with Gasteiger partial charge in [-0.3, -0.25) is 19.2 Å². The second kappa shape index (κ2) is 15.6. The van der Waals surface area contributed by atoms with E-state index < -0.39 is 0 Å². The number of hydrogen-bond acceptors (Lipinski definition) is 4. The lowest BCUT2D eigenvalue weighted by molar-refractivity contribution is -0.123. The molecule has 46 heavy (non-hydrogen) atoms. The number of fused-ring (bicyclic) bond motifs is 2. The van der Waals surface area contributed by atoms with Crippen molar-refractivity contribution >= 4 is 16.9 Å². The molecule has 0 bridgehead atoms. The van der Waals surface area contributed by atoms with Gasteiger partial charge in [0.2, 0.25) is 5.91 Å². The minimum Gasteiger partial charge on any atom is -0.352 e. The molecule has 2 atom stereocenters. The summed E-state index contributed by atoms with van der Waals surface area (Å²) >= 11 is 0. The molecule has 3 heterocycles. The molecular formula is C38H44FN5O2. The molecule has 6 rings (SSSR count). The number of rotatable bonds is 8. The second-order valence-electron chi connectivity index (χ2n) is 12.3. The number of amides is 1. The zero-order valence-electron chi connectivity index (χ0n) is 26.8. The number of aromatic amines is 1. The Morgan fingerprint density at radius 1 is 1.11 bits per heavy atom. The van der Waals surface area contributed by atoms with Crippen LogP contribution in [0.3, 0.4) is 0 Å². The van der Waals surface area contributed by atoms with E-state index in [2.05, 4.69) is 26.8 Å². The van der Waals surface area contributed by atoms with Crippen molar-refractivity contribution in [2.45, 2.75) is 64.0 Å². The molecule has 1 aliphatic heterocycles. The highest BCUT2D eigenvalue weighted by Crippen LogP contribution is 2.35. The number of para-hydroxylation sites is 2. The van der Waals surface area contributed by atoms with Crippen LogP contribution in [0.1, 0.15) is 61.8 Å². The summed E-state index contributed by atoms with van der Waals surface area (Å²) in [6.07, 6.45) is 15.4. The Kier molecular flexibility index (Phi) is 11.2. The lowest BCUT2D eigenvalue weighted by Gasteiger charge is -2.36. The molecule has 1 saturated heterocycles. The van der Waals surface area contributed by atoms with E-state index in [0.717, 1.165) is 78.5 Å². The first kappa shape index (κ1) is 32.8. The van der Waals surface area contributed by atoms with Gasteiger partial charge in [0.05, 0.1) is 17.6 Å². The smallest absolute Gasteiger partial charge is 0.326 e. The first-order valence-corrected chi connectivity index (χ1v) is 16.2. The number of hydrogen-bond donors (Lipinski definition) is 2. The summed E-state index contributed by atoms with van der Waals surface area (Å²) in [5.74, 6) is -0.142. The van der Waals surface area contributed by atoms with Crippen molar-refractivity contribution < 1.29 is 9.18 Å². The number of H-pyrrole nitrogens is 1. The molecule has 0 radical (unpaired) electrons. The number of piperidine rings is 1. The number of aryl methyl sites for hydroxylation is 1. The molecular weight excluding hydrogens is 577 g/mol. The quantitative estimate of drug-likeness (QED) is 0.216. The van der Waals surface area contributed by atoms with Gasteiger partial charge in [0.25, 0.3) is 0 Å². The van der Waals surface area contributed by atoms with E-state index in [4.69, 9.17) is 0 Å². The molecule has 7 nitrogen and oxygen atoms in total. The number of benzene rings is 2. The van der Waals surface area contributed by atoms with Crippen LogP contribution in [0.2, 0.25) is 0 Å². The topological polar surface area (TPSA) is 83.0 Å². The van der Waals surface area contributed by atoms with Crippen LogP contribution < -0.4 is 11.0 Å². The lowest BCUT2D eigenvalue weighted by Crippen LogP contribution is -2.48.